The number of nitrogens with zero attached hydrogens (tertiary/aromatic N) is 1. The van der Waals surface area contributed by atoms with Gasteiger partial charge in [-0.2, -0.15) is 0 Å². The number of hydrogen-bond acceptors (Lipinski definition) is 3. The fourth-order valence-electron chi connectivity index (χ4n) is 2.54. The summed E-state index contributed by atoms with van der Waals surface area (Å²) in [4.78, 5) is 25.6. The minimum atomic E-state index is -0.669. The minimum absolute atomic E-state index is 0.314. The lowest BCUT2D eigenvalue weighted by Gasteiger charge is -2.30. The first-order valence-corrected chi connectivity index (χ1v) is 6.02. The lowest BCUT2D eigenvalue weighted by Crippen LogP contribution is -2.46. The van der Waals surface area contributed by atoms with Crippen LogP contribution in [0.25, 0.3) is 0 Å². The van der Waals surface area contributed by atoms with Gasteiger partial charge in [-0.1, -0.05) is 24.3 Å². The molecule has 1 aliphatic heterocycles. The summed E-state index contributed by atoms with van der Waals surface area (Å²) in [5, 5.41) is 9.95. The number of amides is 2. The maximum Gasteiger partial charge on any atom is 0.262 e. The highest BCUT2D eigenvalue weighted by atomic mass is 16.3. The SMILES string of the molecule is O=C1c2ccccc2C(=O)N1C1C=CCCC1O. The van der Waals surface area contributed by atoms with E-state index in [4.69, 9.17) is 0 Å². The van der Waals surface area contributed by atoms with E-state index in [2.05, 4.69) is 0 Å². The number of aliphatic hydroxyl groups is 1. The van der Waals surface area contributed by atoms with E-state index in [0.29, 0.717) is 17.5 Å². The quantitative estimate of drug-likeness (QED) is 0.598. The minimum Gasteiger partial charge on any atom is -0.391 e. The second kappa shape index (κ2) is 4.07. The topological polar surface area (TPSA) is 57.6 Å². The number of imide groups is 1. The molecule has 1 aromatic carbocycles. The van der Waals surface area contributed by atoms with E-state index in [9.17, 15) is 14.7 Å². The van der Waals surface area contributed by atoms with Crippen molar-refractivity contribution in [2.24, 2.45) is 0 Å². The molecule has 1 aliphatic carbocycles. The molecule has 2 aliphatic rings. The van der Waals surface area contributed by atoms with Crippen molar-refractivity contribution in [1.29, 1.82) is 0 Å². The summed E-state index contributed by atoms with van der Waals surface area (Å²) < 4.78 is 0. The average Bonchev–Trinajstić information content (AvgIpc) is 2.64. The standard InChI is InChI=1S/C14H13NO3/c16-12-8-4-3-7-11(12)15-13(17)9-5-1-2-6-10(9)14(15)18/h1-3,5-7,11-12,16H,4,8H2. The molecule has 4 nitrogen and oxygen atoms in total. The molecule has 0 bridgehead atoms. The molecule has 2 atom stereocenters. The highest BCUT2D eigenvalue weighted by molar-refractivity contribution is 6.21. The largest absolute Gasteiger partial charge is 0.391 e. The number of carbonyl (C=O) groups excluding carboxylic acids is 2. The monoisotopic (exact) mass is 243 g/mol. The maximum absolute atomic E-state index is 12.2. The van der Waals surface area contributed by atoms with Crippen LogP contribution in [0.3, 0.4) is 0 Å². The second-order valence-electron chi connectivity index (χ2n) is 4.59. The zero-order valence-corrected chi connectivity index (χ0v) is 9.74. The van der Waals surface area contributed by atoms with E-state index in [-0.39, 0.29) is 11.8 Å². The first-order valence-electron chi connectivity index (χ1n) is 6.02. The van der Waals surface area contributed by atoms with Gasteiger partial charge in [0.2, 0.25) is 0 Å². The molecule has 0 spiro atoms. The third kappa shape index (κ3) is 1.49. The summed E-state index contributed by atoms with van der Waals surface area (Å²) in [6.45, 7) is 0. The van der Waals surface area contributed by atoms with Crippen molar-refractivity contribution in [3.05, 3.63) is 47.5 Å². The zero-order valence-electron chi connectivity index (χ0n) is 9.74. The predicted molar refractivity (Wildman–Crippen MR) is 65.1 cm³/mol. The molecule has 92 valence electrons. The number of carbonyl (C=O) groups is 2. The third-order valence-electron chi connectivity index (χ3n) is 3.48. The van der Waals surface area contributed by atoms with Gasteiger partial charge in [0.25, 0.3) is 11.8 Å². The van der Waals surface area contributed by atoms with Gasteiger partial charge in [-0.15, -0.1) is 0 Å². The van der Waals surface area contributed by atoms with Gasteiger partial charge in [0, 0.05) is 0 Å². The smallest absolute Gasteiger partial charge is 0.262 e. The Morgan fingerprint density at radius 3 is 2.28 bits per heavy atom. The molecule has 0 saturated heterocycles. The van der Waals surface area contributed by atoms with Crippen molar-refractivity contribution in [3.63, 3.8) is 0 Å². The zero-order chi connectivity index (χ0) is 12.7. The van der Waals surface area contributed by atoms with Crippen molar-refractivity contribution >= 4 is 11.8 Å². The first-order chi connectivity index (χ1) is 8.70. The molecule has 2 unspecified atom stereocenters. The lowest BCUT2D eigenvalue weighted by atomic mass is 9.98. The molecule has 0 fully saturated rings. The Kier molecular flexibility index (Phi) is 2.52. The van der Waals surface area contributed by atoms with Crippen LogP contribution in [-0.4, -0.2) is 34.0 Å². The second-order valence-corrected chi connectivity index (χ2v) is 4.59. The van der Waals surface area contributed by atoms with E-state index in [0.717, 1.165) is 6.42 Å². The highest BCUT2D eigenvalue weighted by Gasteiger charge is 2.41. The third-order valence-corrected chi connectivity index (χ3v) is 3.48. The van der Waals surface area contributed by atoms with Gasteiger partial charge >= 0.3 is 0 Å². The lowest BCUT2D eigenvalue weighted by molar-refractivity contribution is 0.0401. The van der Waals surface area contributed by atoms with E-state index >= 15 is 0 Å². The van der Waals surface area contributed by atoms with Crippen LogP contribution in [0.5, 0.6) is 0 Å². The van der Waals surface area contributed by atoms with E-state index in [1.807, 2.05) is 6.08 Å². The summed E-state index contributed by atoms with van der Waals surface area (Å²) in [6, 6.07) is 6.23. The van der Waals surface area contributed by atoms with Crippen molar-refractivity contribution in [3.8, 4) is 0 Å². The number of allylic oxidation sites excluding steroid dienone is 1. The number of fused-ring (bicyclic) bond motifs is 1. The molecule has 18 heavy (non-hydrogen) atoms. The first kappa shape index (κ1) is 11.2. The van der Waals surface area contributed by atoms with Gasteiger partial charge in [-0.05, 0) is 25.0 Å². The average molecular weight is 243 g/mol. The van der Waals surface area contributed by atoms with Crippen molar-refractivity contribution in [2.75, 3.05) is 0 Å². The van der Waals surface area contributed by atoms with Gasteiger partial charge in [0.15, 0.2) is 0 Å². The molecule has 4 heteroatoms. The Labute approximate surface area is 105 Å². The molecule has 0 radical (unpaired) electrons. The molecule has 0 aromatic heterocycles. The molecule has 2 amide bonds. The number of aliphatic hydroxyl groups excluding tert-OH is 1. The van der Waals surface area contributed by atoms with Crippen LogP contribution in [0.15, 0.2) is 36.4 Å². The number of rotatable bonds is 1. The molecule has 3 rings (SSSR count). The Morgan fingerprint density at radius 1 is 1.11 bits per heavy atom. The molecule has 0 saturated carbocycles. The van der Waals surface area contributed by atoms with Gasteiger partial charge in [-0.3, -0.25) is 14.5 Å². The van der Waals surface area contributed by atoms with E-state index in [1.165, 1.54) is 4.90 Å². The maximum atomic E-state index is 12.2. The van der Waals surface area contributed by atoms with Crippen LogP contribution >= 0.6 is 0 Å². The Bertz CT molecular complexity index is 515. The summed E-state index contributed by atoms with van der Waals surface area (Å²) in [5.74, 6) is -0.627. The molecular formula is C14H13NO3. The fraction of sp³-hybridized carbons (Fsp3) is 0.286. The van der Waals surface area contributed by atoms with Gasteiger partial charge in [-0.25, -0.2) is 0 Å². The summed E-state index contributed by atoms with van der Waals surface area (Å²) in [7, 11) is 0. The Hall–Kier alpha value is -1.94. The van der Waals surface area contributed by atoms with Gasteiger partial charge in [0.1, 0.15) is 0 Å². The van der Waals surface area contributed by atoms with Crippen LogP contribution in [0.1, 0.15) is 33.6 Å². The molecular weight excluding hydrogens is 230 g/mol. The molecule has 1 heterocycles. The van der Waals surface area contributed by atoms with Crippen LogP contribution in [0.2, 0.25) is 0 Å². The number of benzene rings is 1. The van der Waals surface area contributed by atoms with E-state index < -0.39 is 12.1 Å². The van der Waals surface area contributed by atoms with Gasteiger partial charge < -0.3 is 5.11 Å². The van der Waals surface area contributed by atoms with Crippen molar-refractivity contribution in [1.82, 2.24) is 4.90 Å². The molecule has 1 aromatic rings. The van der Waals surface area contributed by atoms with Crippen LogP contribution in [-0.2, 0) is 0 Å². The summed E-state index contributed by atoms with van der Waals surface area (Å²) >= 11 is 0. The van der Waals surface area contributed by atoms with Crippen LogP contribution in [0.4, 0.5) is 0 Å². The highest BCUT2D eigenvalue weighted by Crippen LogP contribution is 2.28. The fourth-order valence-corrected chi connectivity index (χ4v) is 2.54. The normalized spacial score (nSPS) is 26.6. The Balaban J connectivity index is 2.01. The van der Waals surface area contributed by atoms with Crippen LogP contribution < -0.4 is 0 Å². The van der Waals surface area contributed by atoms with Crippen molar-refractivity contribution < 1.29 is 14.7 Å². The summed E-state index contributed by atoms with van der Waals surface area (Å²) in [5.41, 5.74) is 0.849. The predicted octanol–water partition coefficient (Wildman–Crippen LogP) is 1.36. The molecule has 1 N–H and O–H groups in total. The van der Waals surface area contributed by atoms with Crippen LogP contribution in [0, 0.1) is 0 Å². The van der Waals surface area contributed by atoms with Gasteiger partial charge in [0.05, 0.1) is 23.3 Å². The number of hydrogen-bond donors (Lipinski definition) is 1. The van der Waals surface area contributed by atoms with E-state index in [1.54, 1.807) is 30.3 Å². The Morgan fingerprint density at radius 2 is 1.72 bits per heavy atom. The van der Waals surface area contributed by atoms with Crippen molar-refractivity contribution in [2.45, 2.75) is 25.0 Å². The summed E-state index contributed by atoms with van der Waals surface area (Å²) in [6.07, 6.45) is 4.34.